The fourth-order valence-electron chi connectivity index (χ4n) is 4.48. The number of likely N-dealkylation sites (tertiary alicyclic amines) is 1. The highest BCUT2D eigenvalue weighted by molar-refractivity contribution is 6.46. The lowest BCUT2D eigenvalue weighted by Crippen LogP contribution is -2.29. The number of Topliss-reactive ketones (excluding diaryl/α,β-unsaturated/α-hetero) is 1. The number of carbonyl (C=O) groups is 2. The number of pyridine rings is 1. The van der Waals surface area contributed by atoms with Crippen molar-refractivity contribution >= 4 is 17.4 Å². The maximum Gasteiger partial charge on any atom is 0.295 e. The molecule has 1 atom stereocenters. The summed E-state index contributed by atoms with van der Waals surface area (Å²) < 4.78 is 6.96. The first kappa shape index (κ1) is 23.0. The summed E-state index contributed by atoms with van der Waals surface area (Å²) >= 11 is 0. The van der Waals surface area contributed by atoms with Crippen molar-refractivity contribution in [2.24, 2.45) is 0 Å². The Morgan fingerprint density at radius 2 is 1.75 bits per heavy atom. The van der Waals surface area contributed by atoms with Crippen molar-refractivity contribution in [2.45, 2.75) is 19.5 Å². The topological polar surface area (TPSA) is 97.5 Å². The molecule has 0 radical (unpaired) electrons. The van der Waals surface area contributed by atoms with Crippen LogP contribution in [0.1, 0.15) is 28.4 Å². The number of methoxy groups -OCH3 is 1. The summed E-state index contributed by atoms with van der Waals surface area (Å²) in [6.07, 6.45) is 4.81. The second-order valence-corrected chi connectivity index (χ2v) is 8.45. The molecule has 1 N–H and O–H groups in total. The van der Waals surface area contributed by atoms with Gasteiger partial charge in [-0.1, -0.05) is 36.4 Å². The number of hydrogen-bond acceptors (Lipinski definition) is 6. The Labute approximate surface area is 208 Å². The van der Waals surface area contributed by atoms with E-state index in [-0.39, 0.29) is 17.9 Å². The predicted octanol–water partition coefficient (Wildman–Crippen LogP) is 4.21. The van der Waals surface area contributed by atoms with Gasteiger partial charge in [0.05, 0.1) is 41.9 Å². The number of ketones is 1. The zero-order valence-electron chi connectivity index (χ0n) is 19.8. The minimum absolute atomic E-state index is 0.0183. The second-order valence-electron chi connectivity index (χ2n) is 8.45. The number of aliphatic hydroxyl groups excluding tert-OH is 1. The SMILES string of the molecule is COc1ccc(C2C(=C(O)c3cnn(-c4ccccc4)c3C)C(=O)C(=O)N2Cc2cccnc2)cc1. The zero-order valence-corrected chi connectivity index (χ0v) is 19.8. The molecule has 0 saturated carbocycles. The van der Waals surface area contributed by atoms with E-state index < -0.39 is 17.7 Å². The molecule has 0 spiro atoms. The third-order valence-corrected chi connectivity index (χ3v) is 6.31. The number of benzene rings is 2. The van der Waals surface area contributed by atoms with E-state index in [1.54, 1.807) is 54.5 Å². The first-order valence-corrected chi connectivity index (χ1v) is 11.4. The minimum Gasteiger partial charge on any atom is -0.507 e. The van der Waals surface area contributed by atoms with Gasteiger partial charge in [0.1, 0.15) is 11.5 Å². The van der Waals surface area contributed by atoms with Gasteiger partial charge in [0, 0.05) is 18.9 Å². The molecule has 4 aromatic rings. The number of aliphatic hydroxyl groups is 1. The van der Waals surface area contributed by atoms with Crippen LogP contribution in [0.3, 0.4) is 0 Å². The molecule has 1 amide bonds. The highest BCUT2D eigenvalue weighted by Gasteiger charge is 2.46. The van der Waals surface area contributed by atoms with E-state index in [0.717, 1.165) is 11.3 Å². The molecular formula is C28H24N4O4. The van der Waals surface area contributed by atoms with Crippen molar-refractivity contribution in [1.29, 1.82) is 0 Å². The second kappa shape index (κ2) is 9.50. The summed E-state index contributed by atoms with van der Waals surface area (Å²) in [5, 5.41) is 15.9. The predicted molar refractivity (Wildman–Crippen MR) is 133 cm³/mol. The summed E-state index contributed by atoms with van der Waals surface area (Å²) in [5.41, 5.74) is 3.31. The highest BCUT2D eigenvalue weighted by Crippen LogP contribution is 2.41. The molecule has 5 rings (SSSR count). The Morgan fingerprint density at radius 3 is 2.42 bits per heavy atom. The van der Waals surface area contributed by atoms with Gasteiger partial charge in [0.15, 0.2) is 0 Å². The molecule has 0 aliphatic carbocycles. The van der Waals surface area contributed by atoms with Crippen molar-refractivity contribution in [3.05, 3.63) is 113 Å². The van der Waals surface area contributed by atoms with E-state index in [4.69, 9.17) is 4.74 Å². The van der Waals surface area contributed by atoms with Crippen molar-refractivity contribution < 1.29 is 19.4 Å². The van der Waals surface area contributed by atoms with E-state index >= 15 is 0 Å². The van der Waals surface area contributed by atoms with E-state index in [1.165, 1.54) is 11.1 Å². The number of para-hydroxylation sites is 1. The van der Waals surface area contributed by atoms with Gasteiger partial charge in [-0.3, -0.25) is 14.6 Å². The molecule has 36 heavy (non-hydrogen) atoms. The van der Waals surface area contributed by atoms with Crippen LogP contribution in [0.25, 0.3) is 11.4 Å². The number of hydrogen-bond donors (Lipinski definition) is 1. The van der Waals surface area contributed by atoms with Crippen LogP contribution in [0.4, 0.5) is 0 Å². The third-order valence-electron chi connectivity index (χ3n) is 6.31. The average Bonchev–Trinajstić information content (AvgIpc) is 3.42. The van der Waals surface area contributed by atoms with Gasteiger partial charge in [-0.05, 0) is 48.4 Å². The molecule has 3 heterocycles. The van der Waals surface area contributed by atoms with Crippen LogP contribution in [-0.4, -0.2) is 43.6 Å². The van der Waals surface area contributed by atoms with Gasteiger partial charge in [-0.15, -0.1) is 0 Å². The van der Waals surface area contributed by atoms with Gasteiger partial charge >= 0.3 is 0 Å². The molecule has 1 fully saturated rings. The highest BCUT2D eigenvalue weighted by atomic mass is 16.5. The molecule has 1 unspecified atom stereocenters. The van der Waals surface area contributed by atoms with Crippen LogP contribution in [0.5, 0.6) is 5.75 Å². The first-order chi connectivity index (χ1) is 17.5. The van der Waals surface area contributed by atoms with E-state index in [1.807, 2.05) is 43.3 Å². The number of carbonyl (C=O) groups excluding carboxylic acids is 2. The first-order valence-electron chi connectivity index (χ1n) is 11.4. The molecule has 1 aliphatic rings. The van der Waals surface area contributed by atoms with Gasteiger partial charge in [0.2, 0.25) is 0 Å². The molecule has 0 bridgehead atoms. The Hall–Kier alpha value is -4.72. The lowest BCUT2D eigenvalue weighted by Gasteiger charge is -2.25. The molecule has 8 heteroatoms. The molecule has 180 valence electrons. The van der Waals surface area contributed by atoms with Gasteiger partial charge in [0.25, 0.3) is 11.7 Å². The maximum absolute atomic E-state index is 13.3. The van der Waals surface area contributed by atoms with Crippen molar-refractivity contribution in [3.8, 4) is 11.4 Å². The maximum atomic E-state index is 13.3. The lowest BCUT2D eigenvalue weighted by molar-refractivity contribution is -0.140. The number of ether oxygens (including phenoxy) is 1. The standard InChI is InChI=1S/C28H24N4O4/c1-18-23(16-30-32(18)21-8-4-3-5-9-21)26(33)24-25(20-10-12-22(36-2)13-11-20)31(28(35)27(24)34)17-19-7-6-14-29-15-19/h3-16,25,33H,17H2,1-2H3. The summed E-state index contributed by atoms with van der Waals surface area (Å²) in [4.78, 5) is 32.2. The monoisotopic (exact) mass is 480 g/mol. The fourth-order valence-corrected chi connectivity index (χ4v) is 4.48. The Kier molecular flexibility index (Phi) is 6.08. The van der Waals surface area contributed by atoms with Crippen LogP contribution >= 0.6 is 0 Å². The molecule has 1 aliphatic heterocycles. The van der Waals surface area contributed by atoms with Crippen molar-refractivity contribution in [3.63, 3.8) is 0 Å². The lowest BCUT2D eigenvalue weighted by atomic mass is 9.95. The molecule has 2 aromatic carbocycles. The largest absolute Gasteiger partial charge is 0.507 e. The third kappa shape index (κ3) is 4.02. The van der Waals surface area contributed by atoms with Gasteiger partial charge in [-0.25, -0.2) is 4.68 Å². The van der Waals surface area contributed by atoms with Crippen LogP contribution in [-0.2, 0) is 16.1 Å². The van der Waals surface area contributed by atoms with Gasteiger partial charge < -0.3 is 14.7 Å². The summed E-state index contributed by atoms with van der Waals surface area (Å²) in [7, 11) is 1.57. The molecule has 1 saturated heterocycles. The Bertz CT molecular complexity index is 1440. The summed E-state index contributed by atoms with van der Waals surface area (Å²) in [6.45, 7) is 1.97. The summed E-state index contributed by atoms with van der Waals surface area (Å²) in [6, 6.07) is 19.4. The number of aromatic nitrogens is 3. The molecular weight excluding hydrogens is 456 g/mol. The smallest absolute Gasteiger partial charge is 0.295 e. The average molecular weight is 481 g/mol. The summed E-state index contributed by atoms with van der Waals surface area (Å²) in [5.74, 6) is -1.05. The van der Waals surface area contributed by atoms with Crippen molar-refractivity contribution in [2.75, 3.05) is 7.11 Å². The minimum atomic E-state index is -0.796. The van der Waals surface area contributed by atoms with Crippen molar-refractivity contribution in [1.82, 2.24) is 19.7 Å². The van der Waals surface area contributed by atoms with Gasteiger partial charge in [-0.2, -0.15) is 5.10 Å². The number of amides is 1. The van der Waals surface area contributed by atoms with E-state index in [0.29, 0.717) is 22.6 Å². The number of nitrogens with zero attached hydrogens (tertiary/aromatic N) is 4. The van der Waals surface area contributed by atoms with E-state index in [2.05, 4.69) is 10.1 Å². The Morgan fingerprint density at radius 1 is 1.00 bits per heavy atom. The van der Waals surface area contributed by atoms with Crippen LogP contribution in [0, 0.1) is 6.92 Å². The number of rotatable bonds is 6. The fraction of sp³-hybridized carbons (Fsp3) is 0.143. The molecule has 2 aromatic heterocycles. The zero-order chi connectivity index (χ0) is 25.2. The quantitative estimate of drug-likeness (QED) is 0.252. The molecule has 8 nitrogen and oxygen atoms in total. The van der Waals surface area contributed by atoms with E-state index in [9.17, 15) is 14.7 Å². The van der Waals surface area contributed by atoms with Crippen LogP contribution < -0.4 is 4.74 Å². The normalized spacial score (nSPS) is 16.9. The van der Waals surface area contributed by atoms with Crippen LogP contribution in [0.15, 0.2) is 90.9 Å². The Balaban J connectivity index is 1.64. The van der Waals surface area contributed by atoms with Crippen LogP contribution in [0.2, 0.25) is 0 Å².